The Bertz CT molecular complexity index is 678. The molecule has 0 aromatic carbocycles. The number of nitrogens with zero attached hydrogens (tertiary/aromatic N) is 5. The molecule has 2 fully saturated rings. The molecule has 2 bridgehead atoms. The summed E-state index contributed by atoms with van der Waals surface area (Å²) in [5.41, 5.74) is 2.09. The van der Waals surface area contributed by atoms with Gasteiger partial charge >= 0.3 is 33.3 Å². The van der Waals surface area contributed by atoms with Crippen LogP contribution in [-0.4, -0.2) is 59.7 Å². The first-order valence-electron chi connectivity index (χ1n) is 12.5. The second-order valence-electron chi connectivity index (χ2n) is 9.10. The van der Waals surface area contributed by atoms with Crippen molar-refractivity contribution < 1.29 is 23.9 Å². The monoisotopic (exact) mass is 576 g/mol. The van der Waals surface area contributed by atoms with E-state index >= 15 is 0 Å². The zero-order valence-corrected chi connectivity index (χ0v) is 23.3. The van der Waals surface area contributed by atoms with Crippen molar-refractivity contribution in [2.24, 2.45) is 0 Å². The van der Waals surface area contributed by atoms with Gasteiger partial charge in [0.25, 0.3) is 0 Å². The fraction of sp³-hybridized carbons (Fsp3) is 0.792. The van der Waals surface area contributed by atoms with Gasteiger partial charge in [-0.2, -0.15) is 37.3 Å². The summed E-state index contributed by atoms with van der Waals surface area (Å²) in [6.45, 7) is 3.22. The van der Waals surface area contributed by atoms with Gasteiger partial charge in [0.05, 0.1) is 0 Å². The molecule has 4 atom stereocenters. The van der Waals surface area contributed by atoms with Crippen LogP contribution in [0.25, 0.3) is 21.3 Å². The number of halogens is 2. The number of aliphatic hydroxyl groups is 1. The van der Waals surface area contributed by atoms with E-state index in [1.54, 1.807) is 11.8 Å². The molecule has 1 aliphatic heterocycles. The third-order valence-corrected chi connectivity index (χ3v) is 7.73. The fourth-order valence-electron chi connectivity index (χ4n) is 5.02. The first kappa shape index (κ1) is 29.0. The Morgan fingerprint density at radius 3 is 1.74 bits per heavy atom. The maximum Gasteiger partial charge on any atom is 0 e. The van der Waals surface area contributed by atoms with Crippen LogP contribution < -0.4 is 0 Å². The quantitative estimate of drug-likeness (QED) is 0.223. The van der Waals surface area contributed by atoms with Crippen molar-refractivity contribution >= 4 is 32.0 Å². The van der Waals surface area contributed by atoms with Gasteiger partial charge in [0.2, 0.25) is 0 Å². The molecule has 1 aromatic heterocycles. The van der Waals surface area contributed by atoms with Gasteiger partial charge in [-0.25, -0.2) is 0 Å². The summed E-state index contributed by atoms with van der Waals surface area (Å²) in [7, 11) is 9.59. The van der Waals surface area contributed by atoms with Crippen molar-refractivity contribution in [3.8, 4) is 0 Å². The normalized spacial score (nSPS) is 28.3. The number of fused-ring (bicyclic) bond motifs is 4. The number of thioether (sulfide) groups is 1. The van der Waals surface area contributed by atoms with Gasteiger partial charge in [-0.3, -0.25) is 4.98 Å². The summed E-state index contributed by atoms with van der Waals surface area (Å²) >= 11 is 1.80. The molecule has 2 heterocycles. The van der Waals surface area contributed by atoms with E-state index in [4.69, 9.17) is 51.6 Å². The van der Waals surface area contributed by atoms with Crippen LogP contribution in [0.5, 0.6) is 0 Å². The van der Waals surface area contributed by atoms with Gasteiger partial charge in [0.1, 0.15) is 0 Å². The number of aromatic nitrogens is 1. The summed E-state index contributed by atoms with van der Waals surface area (Å²) < 4.78 is 0. The van der Waals surface area contributed by atoms with E-state index in [-0.39, 0.29) is 25.4 Å². The molecule has 1 aromatic rings. The molecular formula is C24H45Cl2MnN5OS-4. The first-order valence-corrected chi connectivity index (χ1v) is 16.7. The average molecular weight is 578 g/mol. The largest absolute Gasteiger partial charge is 0 e. The topological polar surface area (TPSA) is 89.5 Å². The molecule has 1 unspecified atom stereocenters. The molecule has 203 valence electrons. The van der Waals surface area contributed by atoms with Crippen LogP contribution in [-0.2, 0) is 26.2 Å². The molecular weight excluding hydrogens is 532 g/mol. The SMILES string of the molecule is OCCCSc1cc2nc(c1)C[N-][C@@H]1CCCC[C@H]1[N-]CC[N-]C1CCCC[C@H]1[N-]C2.[Cl][Mn][Cl].[HH].[HH].[HH].[HH]. The van der Waals surface area contributed by atoms with Crippen LogP contribution in [0.3, 0.4) is 0 Å². The third kappa shape index (κ3) is 10.0. The van der Waals surface area contributed by atoms with Crippen molar-refractivity contribution in [3.05, 3.63) is 44.8 Å². The molecule has 3 aliphatic rings. The predicted molar refractivity (Wildman–Crippen MR) is 149 cm³/mol. The van der Waals surface area contributed by atoms with E-state index < -0.39 is 0 Å². The van der Waals surface area contributed by atoms with E-state index in [0.717, 1.165) is 62.3 Å². The number of rotatable bonds is 4. The van der Waals surface area contributed by atoms with E-state index in [1.807, 2.05) is 0 Å². The smallest absolute Gasteiger partial charge is 0 e. The Hall–Kier alpha value is 0.399. The van der Waals surface area contributed by atoms with Gasteiger partial charge in [-0.15, -0.1) is 24.9 Å². The predicted octanol–water partition coefficient (Wildman–Crippen LogP) is 8.05. The molecule has 2 aliphatic carbocycles. The summed E-state index contributed by atoms with van der Waals surface area (Å²) in [4.78, 5) is 6.16. The third-order valence-electron chi connectivity index (χ3n) is 6.67. The van der Waals surface area contributed by atoms with Crippen molar-refractivity contribution in [2.45, 2.75) is 99.9 Å². The number of hydrogen-bond acceptors (Lipinski definition) is 3. The molecule has 1 N–H and O–H groups in total. The van der Waals surface area contributed by atoms with Crippen molar-refractivity contribution in [1.82, 2.24) is 4.98 Å². The minimum atomic E-state index is 0. The summed E-state index contributed by atoms with van der Waals surface area (Å²) in [6, 6.07) is 5.70. The van der Waals surface area contributed by atoms with E-state index in [2.05, 4.69) is 12.1 Å². The van der Waals surface area contributed by atoms with Crippen LogP contribution in [0.2, 0.25) is 0 Å². The van der Waals surface area contributed by atoms with Gasteiger partial charge in [-0.05, 0) is 18.6 Å². The van der Waals surface area contributed by atoms with Gasteiger partial charge in [0.15, 0.2) is 0 Å². The van der Waals surface area contributed by atoms with E-state index in [0.29, 0.717) is 37.3 Å². The standard InChI is InChI=1S/C24H37N5OS.2ClH.Mn.4H2/c30-12-5-13-31-20-14-18-16-27-23-8-3-1-6-21(23)25-10-11-26-22-7-2-4-9-24(22)28-17-19(15-20)29-18;;;;;;;/h14-15,21-24,30H,1-13,16-17H2;2*1H;;4*1H/q-4;;;+2;;;;/p-2/t21-,22?,23-,24-;;;;;;;/m1......./s1. The van der Waals surface area contributed by atoms with Crippen molar-refractivity contribution in [3.63, 3.8) is 0 Å². The number of hydrogen-bond donors (Lipinski definition) is 1. The Morgan fingerprint density at radius 2 is 1.29 bits per heavy atom. The second kappa shape index (κ2) is 17.0. The van der Waals surface area contributed by atoms with Crippen LogP contribution in [0, 0.1) is 0 Å². The number of pyridine rings is 1. The molecule has 6 nitrogen and oxygen atoms in total. The molecule has 4 rings (SSSR count). The van der Waals surface area contributed by atoms with Gasteiger partial charge in [0, 0.05) is 34.3 Å². The summed E-state index contributed by atoms with van der Waals surface area (Å²) in [5, 5.41) is 29.3. The Morgan fingerprint density at radius 1 is 0.853 bits per heavy atom. The fourth-order valence-corrected chi connectivity index (χ4v) is 5.97. The Labute approximate surface area is 230 Å². The Balaban J connectivity index is 0. The Kier molecular flexibility index (Phi) is 14.5. The maximum atomic E-state index is 9.14. The zero-order valence-electron chi connectivity index (χ0n) is 19.8. The van der Waals surface area contributed by atoms with E-state index in [1.165, 1.54) is 30.6 Å². The second-order valence-corrected chi connectivity index (χ2v) is 12.2. The summed E-state index contributed by atoms with van der Waals surface area (Å²) in [5.74, 6) is 0.917. The summed E-state index contributed by atoms with van der Waals surface area (Å²) in [6.07, 6.45) is 10.4. The molecule has 0 spiro atoms. The van der Waals surface area contributed by atoms with Crippen LogP contribution in [0.15, 0.2) is 17.0 Å². The number of aliphatic hydroxyl groups excluding tert-OH is 1. The first-order chi connectivity index (χ1) is 16.7. The van der Waals surface area contributed by atoms with E-state index in [9.17, 15) is 0 Å². The average Bonchev–Trinajstić information content (AvgIpc) is 2.86. The molecule has 0 radical (unpaired) electrons. The maximum absolute atomic E-state index is 9.14. The molecule has 0 amide bonds. The molecule has 2 saturated carbocycles. The van der Waals surface area contributed by atoms with Gasteiger partial charge < -0.3 is 26.4 Å². The molecule has 10 heteroatoms. The molecule has 34 heavy (non-hydrogen) atoms. The van der Waals surface area contributed by atoms with Crippen LogP contribution >= 0.6 is 32.0 Å². The van der Waals surface area contributed by atoms with Crippen LogP contribution in [0.4, 0.5) is 0 Å². The minimum Gasteiger partial charge on any atom is 0 e. The van der Waals surface area contributed by atoms with Crippen LogP contribution in [0.1, 0.15) is 74.9 Å². The van der Waals surface area contributed by atoms with Gasteiger partial charge in [-0.1, -0.05) is 51.4 Å². The van der Waals surface area contributed by atoms with Crippen molar-refractivity contribution in [1.29, 1.82) is 0 Å². The van der Waals surface area contributed by atoms with Crippen molar-refractivity contribution in [2.75, 3.05) is 25.4 Å². The minimum absolute atomic E-state index is 0. The zero-order chi connectivity index (χ0) is 24.0. The molecule has 0 saturated heterocycles.